The molecule has 0 heteroatoms. The van der Waals surface area contributed by atoms with Crippen LogP contribution in [0.1, 0.15) is 98.8 Å². The maximum absolute atomic E-state index is 2.33. The second kappa shape index (κ2) is 15.0. The topological polar surface area (TPSA) is 0 Å². The van der Waals surface area contributed by atoms with Gasteiger partial charge in [-0.05, 0) is 5.92 Å². The van der Waals surface area contributed by atoms with Gasteiger partial charge in [-0.25, -0.2) is 0 Å². The lowest BCUT2D eigenvalue weighted by Gasteiger charge is -2.04. The molecule has 0 nitrogen and oxygen atoms in total. The summed E-state index contributed by atoms with van der Waals surface area (Å²) >= 11 is 0. The van der Waals surface area contributed by atoms with Crippen molar-refractivity contribution in [1.82, 2.24) is 0 Å². The Kier molecular flexibility index (Phi) is 17.2. The molecule has 0 aliphatic carbocycles. The van der Waals surface area contributed by atoms with Crippen molar-refractivity contribution in [3.8, 4) is 0 Å². The predicted molar refractivity (Wildman–Crippen MR) is 78.0 cm³/mol. The highest BCUT2D eigenvalue weighted by molar-refractivity contribution is 4.49. The average molecular weight is 228 g/mol. The van der Waals surface area contributed by atoms with E-state index in [-0.39, 0.29) is 7.43 Å². The van der Waals surface area contributed by atoms with Crippen LogP contribution in [0.15, 0.2) is 0 Å². The van der Waals surface area contributed by atoms with Gasteiger partial charge in [-0.3, -0.25) is 0 Å². The van der Waals surface area contributed by atoms with Gasteiger partial charge >= 0.3 is 0 Å². The van der Waals surface area contributed by atoms with E-state index in [9.17, 15) is 0 Å². The van der Waals surface area contributed by atoms with Gasteiger partial charge in [0.05, 0.1) is 0 Å². The van der Waals surface area contributed by atoms with Gasteiger partial charge in [-0.1, -0.05) is 98.8 Å². The fourth-order valence-electron chi connectivity index (χ4n) is 2.04. The quantitative estimate of drug-likeness (QED) is 0.350. The summed E-state index contributed by atoms with van der Waals surface area (Å²) in [4.78, 5) is 0. The molecule has 0 aromatic heterocycles. The third kappa shape index (κ3) is 16.4. The van der Waals surface area contributed by atoms with E-state index >= 15 is 0 Å². The molecule has 0 heterocycles. The molecule has 0 radical (unpaired) electrons. The van der Waals surface area contributed by atoms with Crippen LogP contribution in [0.5, 0.6) is 0 Å². The zero-order chi connectivity index (χ0) is 11.4. The van der Waals surface area contributed by atoms with Crippen LogP contribution in [0.3, 0.4) is 0 Å². The third-order valence-electron chi connectivity index (χ3n) is 3.14. The van der Waals surface area contributed by atoms with Gasteiger partial charge in [0.25, 0.3) is 0 Å². The Hall–Kier alpha value is 0. The van der Waals surface area contributed by atoms with E-state index < -0.39 is 0 Å². The zero-order valence-electron chi connectivity index (χ0n) is 11.4. The Morgan fingerprint density at radius 3 is 1.38 bits per heavy atom. The smallest absolute Gasteiger partial charge is 0.0471 e. The number of hydrogen-bond donors (Lipinski definition) is 0. The molecule has 0 atom stereocenters. The lowest BCUT2D eigenvalue weighted by Crippen LogP contribution is -1.87. The molecule has 0 spiro atoms. The van der Waals surface area contributed by atoms with Crippen molar-refractivity contribution in [2.45, 2.75) is 98.8 Å². The summed E-state index contributed by atoms with van der Waals surface area (Å²) in [5, 5.41) is 0. The number of unbranched alkanes of at least 4 members (excludes halogenated alkanes) is 9. The van der Waals surface area contributed by atoms with Crippen LogP contribution >= 0.6 is 0 Å². The molecule has 0 amide bonds. The fourth-order valence-corrected chi connectivity index (χ4v) is 2.04. The summed E-state index contributed by atoms with van der Waals surface area (Å²) < 4.78 is 0. The van der Waals surface area contributed by atoms with E-state index in [1.807, 2.05) is 0 Å². The molecule has 100 valence electrons. The highest BCUT2D eigenvalue weighted by atomic mass is 14.0. The molecule has 0 rings (SSSR count). The molecule has 0 aromatic rings. The SMILES string of the molecule is C.CCCCCCCCCCCCC(C)C. The molecule has 0 N–H and O–H groups in total. The van der Waals surface area contributed by atoms with Crippen LogP contribution in [0.2, 0.25) is 0 Å². The van der Waals surface area contributed by atoms with Crippen LogP contribution in [0, 0.1) is 5.92 Å². The van der Waals surface area contributed by atoms with Crippen molar-refractivity contribution in [2.24, 2.45) is 5.92 Å². The second-order valence-corrected chi connectivity index (χ2v) is 5.36. The van der Waals surface area contributed by atoms with Gasteiger partial charge in [0.2, 0.25) is 0 Å². The molecular weight excluding hydrogens is 192 g/mol. The largest absolute Gasteiger partial charge is 0.0776 e. The van der Waals surface area contributed by atoms with Gasteiger partial charge in [0.15, 0.2) is 0 Å². The Balaban J connectivity index is 0. The van der Waals surface area contributed by atoms with E-state index in [1.165, 1.54) is 70.6 Å². The van der Waals surface area contributed by atoms with E-state index in [0.29, 0.717) is 0 Å². The Labute approximate surface area is 105 Å². The van der Waals surface area contributed by atoms with Gasteiger partial charge in [0.1, 0.15) is 0 Å². The van der Waals surface area contributed by atoms with Crippen molar-refractivity contribution < 1.29 is 0 Å². The van der Waals surface area contributed by atoms with Crippen LogP contribution < -0.4 is 0 Å². The molecule has 16 heavy (non-hydrogen) atoms. The van der Waals surface area contributed by atoms with E-state index in [2.05, 4.69) is 20.8 Å². The molecule has 0 aliphatic rings. The Morgan fingerprint density at radius 1 is 0.625 bits per heavy atom. The van der Waals surface area contributed by atoms with Crippen molar-refractivity contribution in [3.05, 3.63) is 0 Å². The highest BCUT2D eigenvalue weighted by Crippen LogP contribution is 2.13. The fraction of sp³-hybridized carbons (Fsp3) is 1.00. The summed E-state index contributed by atoms with van der Waals surface area (Å²) in [6.45, 7) is 6.94. The summed E-state index contributed by atoms with van der Waals surface area (Å²) in [6.07, 6.45) is 16.0. The second-order valence-electron chi connectivity index (χ2n) is 5.36. The molecule has 0 saturated carbocycles. The van der Waals surface area contributed by atoms with Crippen molar-refractivity contribution in [1.29, 1.82) is 0 Å². The zero-order valence-corrected chi connectivity index (χ0v) is 11.4. The van der Waals surface area contributed by atoms with Crippen molar-refractivity contribution in [2.75, 3.05) is 0 Å². The van der Waals surface area contributed by atoms with E-state index in [1.54, 1.807) is 0 Å². The molecule has 0 saturated heterocycles. The monoisotopic (exact) mass is 228 g/mol. The normalized spacial score (nSPS) is 10.5. The molecule has 0 unspecified atom stereocenters. The third-order valence-corrected chi connectivity index (χ3v) is 3.14. The summed E-state index contributed by atoms with van der Waals surface area (Å²) in [5.74, 6) is 0.902. The first-order valence-electron chi connectivity index (χ1n) is 7.27. The number of hydrogen-bond acceptors (Lipinski definition) is 0. The maximum Gasteiger partial charge on any atom is -0.0471 e. The first-order valence-corrected chi connectivity index (χ1v) is 7.27. The lowest BCUT2D eigenvalue weighted by molar-refractivity contribution is 0.505. The Morgan fingerprint density at radius 2 is 1.00 bits per heavy atom. The minimum atomic E-state index is 0. The van der Waals surface area contributed by atoms with E-state index in [4.69, 9.17) is 0 Å². The molecule has 0 aromatic carbocycles. The Bertz CT molecular complexity index is 105. The van der Waals surface area contributed by atoms with Gasteiger partial charge in [0, 0.05) is 0 Å². The van der Waals surface area contributed by atoms with Crippen LogP contribution in [-0.4, -0.2) is 0 Å². The van der Waals surface area contributed by atoms with Crippen molar-refractivity contribution >= 4 is 0 Å². The van der Waals surface area contributed by atoms with Crippen LogP contribution in [0.25, 0.3) is 0 Å². The van der Waals surface area contributed by atoms with E-state index in [0.717, 1.165) is 5.92 Å². The minimum absolute atomic E-state index is 0. The van der Waals surface area contributed by atoms with Crippen LogP contribution in [0.4, 0.5) is 0 Å². The summed E-state index contributed by atoms with van der Waals surface area (Å²) in [7, 11) is 0. The predicted octanol–water partition coefficient (Wildman–Crippen LogP) is 6.59. The molecule has 0 fully saturated rings. The number of rotatable bonds is 11. The molecule has 0 bridgehead atoms. The highest BCUT2D eigenvalue weighted by Gasteiger charge is 1.94. The van der Waals surface area contributed by atoms with Crippen LogP contribution in [-0.2, 0) is 0 Å². The van der Waals surface area contributed by atoms with Gasteiger partial charge in [-0.15, -0.1) is 0 Å². The summed E-state index contributed by atoms with van der Waals surface area (Å²) in [5.41, 5.74) is 0. The molecule has 0 aliphatic heterocycles. The first kappa shape index (κ1) is 18.4. The standard InChI is InChI=1S/C15H32.CH4/c1-4-5-6-7-8-9-10-11-12-13-14-15(2)3;/h15H,4-14H2,1-3H3;1H4. The van der Waals surface area contributed by atoms with Gasteiger partial charge < -0.3 is 0 Å². The first-order chi connectivity index (χ1) is 7.27. The van der Waals surface area contributed by atoms with Crippen molar-refractivity contribution in [3.63, 3.8) is 0 Å². The minimum Gasteiger partial charge on any atom is -0.0776 e. The van der Waals surface area contributed by atoms with Gasteiger partial charge in [-0.2, -0.15) is 0 Å². The lowest BCUT2D eigenvalue weighted by atomic mass is 10.0. The average Bonchev–Trinajstić information content (AvgIpc) is 2.20. The maximum atomic E-state index is 2.33. The molecular formula is C16H36. The summed E-state index contributed by atoms with van der Waals surface area (Å²) in [6, 6.07) is 0.